The molecular formula is C21H17N3O3S. The van der Waals surface area contributed by atoms with Crippen molar-refractivity contribution in [1.29, 1.82) is 0 Å². The number of hydrogen-bond acceptors (Lipinski definition) is 6. The van der Waals surface area contributed by atoms with Gasteiger partial charge in [0, 0.05) is 5.56 Å². The molecule has 1 atom stereocenters. The number of Topliss-reactive ketones (excluding diaryl/α,β-unsaturated/α-hetero) is 1. The molecule has 1 aliphatic rings. The van der Waals surface area contributed by atoms with Crippen molar-refractivity contribution in [3.8, 4) is 0 Å². The quantitative estimate of drug-likeness (QED) is 0.417. The average molecular weight is 391 g/mol. The molecule has 0 spiro atoms. The number of hydrogen-bond donors (Lipinski definition) is 1. The van der Waals surface area contributed by atoms with Gasteiger partial charge < -0.3 is 5.11 Å². The summed E-state index contributed by atoms with van der Waals surface area (Å²) in [5, 5.41) is 20.0. The molecule has 1 saturated heterocycles. The lowest BCUT2D eigenvalue weighted by Gasteiger charge is -2.22. The molecule has 0 radical (unpaired) electrons. The van der Waals surface area contributed by atoms with E-state index in [9.17, 15) is 14.7 Å². The lowest BCUT2D eigenvalue weighted by Crippen LogP contribution is -2.29. The predicted octanol–water partition coefficient (Wildman–Crippen LogP) is 3.78. The molecule has 6 nitrogen and oxygen atoms in total. The third-order valence-corrected chi connectivity index (χ3v) is 5.44. The summed E-state index contributed by atoms with van der Waals surface area (Å²) in [5.74, 6) is -1.66. The van der Waals surface area contributed by atoms with Gasteiger partial charge in [-0.2, -0.15) is 0 Å². The Balaban J connectivity index is 1.93. The van der Waals surface area contributed by atoms with Crippen molar-refractivity contribution >= 4 is 33.9 Å². The highest BCUT2D eigenvalue weighted by atomic mass is 32.1. The number of aliphatic hydroxyl groups excluding tert-OH is 1. The van der Waals surface area contributed by atoms with Gasteiger partial charge in [0.1, 0.15) is 10.8 Å². The van der Waals surface area contributed by atoms with Crippen molar-refractivity contribution in [3.63, 3.8) is 0 Å². The first-order chi connectivity index (χ1) is 13.5. The Morgan fingerprint density at radius 1 is 1.00 bits per heavy atom. The van der Waals surface area contributed by atoms with Crippen LogP contribution in [0.5, 0.6) is 0 Å². The zero-order valence-corrected chi connectivity index (χ0v) is 16.1. The second kappa shape index (κ2) is 7.01. The number of aryl methyl sites for hydroxylation is 2. The monoisotopic (exact) mass is 391 g/mol. The minimum Gasteiger partial charge on any atom is -0.507 e. The molecule has 1 aliphatic heterocycles. The van der Waals surface area contributed by atoms with E-state index in [4.69, 9.17) is 0 Å². The fourth-order valence-corrected chi connectivity index (χ4v) is 3.95. The number of nitrogens with zero attached hydrogens (tertiary/aromatic N) is 3. The number of benzene rings is 2. The maximum Gasteiger partial charge on any atom is 0.301 e. The van der Waals surface area contributed by atoms with Crippen LogP contribution < -0.4 is 4.90 Å². The molecule has 0 bridgehead atoms. The normalized spacial score (nSPS) is 18.6. The number of carbonyl (C=O) groups excluding carboxylic acids is 2. The maximum absolute atomic E-state index is 12.9. The first-order valence-electron chi connectivity index (χ1n) is 8.70. The van der Waals surface area contributed by atoms with Crippen LogP contribution in [0.2, 0.25) is 0 Å². The summed E-state index contributed by atoms with van der Waals surface area (Å²) < 4.78 is 0. The molecule has 4 rings (SSSR count). The predicted molar refractivity (Wildman–Crippen MR) is 107 cm³/mol. The third-order valence-electron chi connectivity index (χ3n) is 4.61. The van der Waals surface area contributed by atoms with Crippen molar-refractivity contribution < 1.29 is 14.7 Å². The molecule has 1 N–H and O–H groups in total. The Hall–Kier alpha value is -3.32. The fourth-order valence-electron chi connectivity index (χ4n) is 3.23. The molecule has 1 amide bonds. The van der Waals surface area contributed by atoms with Crippen molar-refractivity contribution in [3.05, 3.63) is 81.9 Å². The van der Waals surface area contributed by atoms with Crippen LogP contribution in [-0.2, 0) is 9.59 Å². The smallest absolute Gasteiger partial charge is 0.301 e. The van der Waals surface area contributed by atoms with E-state index in [-0.39, 0.29) is 11.3 Å². The first kappa shape index (κ1) is 18.1. The molecule has 1 fully saturated rings. The molecule has 0 saturated carbocycles. The summed E-state index contributed by atoms with van der Waals surface area (Å²) in [5.41, 5.74) is 2.27. The zero-order chi connectivity index (χ0) is 19.8. The van der Waals surface area contributed by atoms with Crippen LogP contribution in [0.1, 0.15) is 27.7 Å². The maximum atomic E-state index is 12.9. The molecule has 0 aliphatic carbocycles. The highest BCUT2D eigenvalue weighted by Gasteiger charge is 2.48. The van der Waals surface area contributed by atoms with Crippen molar-refractivity contribution in [2.45, 2.75) is 19.9 Å². The van der Waals surface area contributed by atoms with E-state index >= 15 is 0 Å². The first-order valence-corrected chi connectivity index (χ1v) is 9.52. The molecule has 2 heterocycles. The SMILES string of the molecule is Cc1ccc(C(O)=C2C(=O)C(=O)N(c3nnc(C)s3)C2c2ccccc2)cc1. The largest absolute Gasteiger partial charge is 0.507 e. The van der Waals surface area contributed by atoms with Crippen LogP contribution in [-0.4, -0.2) is 27.0 Å². The Morgan fingerprint density at radius 3 is 2.29 bits per heavy atom. The van der Waals surface area contributed by atoms with Gasteiger partial charge in [-0.1, -0.05) is 71.5 Å². The summed E-state index contributed by atoms with van der Waals surface area (Å²) in [6.07, 6.45) is 0. The molecule has 28 heavy (non-hydrogen) atoms. The summed E-state index contributed by atoms with van der Waals surface area (Å²) in [6, 6.07) is 15.5. The van der Waals surface area contributed by atoms with Crippen molar-refractivity contribution in [2.24, 2.45) is 0 Å². The van der Waals surface area contributed by atoms with Crippen molar-refractivity contribution in [1.82, 2.24) is 10.2 Å². The fraction of sp³-hybridized carbons (Fsp3) is 0.143. The van der Waals surface area contributed by atoms with E-state index in [1.165, 1.54) is 16.2 Å². The average Bonchev–Trinajstić information content (AvgIpc) is 3.24. The van der Waals surface area contributed by atoms with Gasteiger partial charge >= 0.3 is 5.91 Å². The number of rotatable bonds is 3. The van der Waals surface area contributed by atoms with E-state index in [1.54, 1.807) is 19.1 Å². The van der Waals surface area contributed by atoms with Gasteiger partial charge in [-0.15, -0.1) is 10.2 Å². The van der Waals surface area contributed by atoms with Crippen molar-refractivity contribution in [2.75, 3.05) is 4.90 Å². The number of anilines is 1. The van der Waals surface area contributed by atoms with E-state index in [0.29, 0.717) is 21.3 Å². The lowest BCUT2D eigenvalue weighted by atomic mass is 9.95. The molecule has 1 unspecified atom stereocenters. The standard InChI is InChI=1S/C21H17N3O3S/c1-12-8-10-15(11-9-12)18(25)16-17(14-6-4-3-5-7-14)24(20(27)19(16)26)21-23-22-13(2)28-21/h3-11,17,25H,1-2H3. The Kier molecular flexibility index (Phi) is 4.52. The summed E-state index contributed by atoms with van der Waals surface area (Å²) in [4.78, 5) is 27.1. The van der Waals surface area contributed by atoms with Gasteiger partial charge in [-0.25, -0.2) is 0 Å². The van der Waals surface area contributed by atoms with E-state index in [1.807, 2.05) is 49.4 Å². The van der Waals surface area contributed by atoms with Gasteiger partial charge in [0.15, 0.2) is 0 Å². The minimum atomic E-state index is -0.769. The van der Waals surface area contributed by atoms with Gasteiger partial charge in [-0.3, -0.25) is 14.5 Å². The van der Waals surface area contributed by atoms with Gasteiger partial charge in [0.05, 0.1) is 11.6 Å². The van der Waals surface area contributed by atoms with E-state index < -0.39 is 17.7 Å². The minimum absolute atomic E-state index is 0.0490. The molecular weight excluding hydrogens is 374 g/mol. The van der Waals surface area contributed by atoms with Crippen LogP contribution in [0.15, 0.2) is 60.2 Å². The number of aliphatic hydroxyl groups is 1. The van der Waals surface area contributed by atoms with E-state index in [0.717, 1.165) is 5.56 Å². The molecule has 1 aromatic heterocycles. The molecule has 7 heteroatoms. The number of amides is 1. The number of ketones is 1. The Morgan fingerprint density at radius 2 is 1.68 bits per heavy atom. The highest BCUT2D eigenvalue weighted by Crippen LogP contribution is 2.42. The number of aromatic nitrogens is 2. The van der Waals surface area contributed by atoms with Gasteiger partial charge in [-0.05, 0) is 19.4 Å². The summed E-state index contributed by atoms with van der Waals surface area (Å²) >= 11 is 1.23. The third kappa shape index (κ3) is 2.99. The second-order valence-electron chi connectivity index (χ2n) is 6.55. The number of carbonyl (C=O) groups is 2. The van der Waals surface area contributed by atoms with Crippen LogP contribution in [0.3, 0.4) is 0 Å². The van der Waals surface area contributed by atoms with Crippen LogP contribution in [0.25, 0.3) is 5.76 Å². The topological polar surface area (TPSA) is 83.4 Å². The Bertz CT molecular complexity index is 1090. The van der Waals surface area contributed by atoms with E-state index in [2.05, 4.69) is 10.2 Å². The zero-order valence-electron chi connectivity index (χ0n) is 15.3. The van der Waals surface area contributed by atoms with Gasteiger partial charge in [0.2, 0.25) is 5.13 Å². The van der Waals surface area contributed by atoms with Crippen LogP contribution in [0, 0.1) is 13.8 Å². The van der Waals surface area contributed by atoms with Crippen LogP contribution >= 0.6 is 11.3 Å². The molecule has 2 aromatic carbocycles. The second-order valence-corrected chi connectivity index (χ2v) is 7.71. The summed E-state index contributed by atoms with van der Waals surface area (Å²) in [6.45, 7) is 3.71. The Labute approximate surface area is 165 Å². The lowest BCUT2D eigenvalue weighted by molar-refractivity contribution is -0.132. The summed E-state index contributed by atoms with van der Waals surface area (Å²) in [7, 11) is 0. The molecule has 140 valence electrons. The van der Waals surface area contributed by atoms with Crippen LogP contribution in [0.4, 0.5) is 5.13 Å². The molecule has 3 aromatic rings. The highest BCUT2D eigenvalue weighted by molar-refractivity contribution is 7.15. The van der Waals surface area contributed by atoms with Gasteiger partial charge in [0.25, 0.3) is 5.78 Å².